The average molecular weight is 585 g/mol. The number of nitrogens with two attached hydrogens (primary N) is 1. The first-order valence-electron chi connectivity index (χ1n) is 13.4. The number of carbonyl (C=O) groups is 3. The molecular weight excluding hydrogens is 545 g/mol. The first-order chi connectivity index (χ1) is 18.8. The summed E-state index contributed by atoms with van der Waals surface area (Å²) in [5, 5.41) is 10.4. The zero-order valence-electron chi connectivity index (χ0n) is 24.2. The molecule has 0 spiro atoms. The van der Waals surface area contributed by atoms with Crippen molar-refractivity contribution in [1.82, 2.24) is 10.2 Å². The molecule has 0 bridgehead atoms. The molecule has 1 saturated carbocycles. The van der Waals surface area contributed by atoms with Gasteiger partial charge >= 0.3 is 12.1 Å². The Labute approximate surface area is 237 Å². The summed E-state index contributed by atoms with van der Waals surface area (Å²) in [6.07, 6.45) is -2.76. The Morgan fingerprint density at radius 1 is 1.29 bits per heavy atom. The van der Waals surface area contributed by atoms with E-state index in [1.54, 1.807) is 12.0 Å². The van der Waals surface area contributed by atoms with Crippen molar-refractivity contribution >= 4 is 23.7 Å². The molecule has 1 aromatic carbocycles. The van der Waals surface area contributed by atoms with Crippen LogP contribution in [0.1, 0.15) is 70.5 Å². The van der Waals surface area contributed by atoms with Gasteiger partial charge in [0.15, 0.2) is 5.96 Å². The highest BCUT2D eigenvalue weighted by molar-refractivity contribution is 5.99. The molecule has 3 aliphatic rings. The van der Waals surface area contributed by atoms with E-state index in [4.69, 9.17) is 25.1 Å². The summed E-state index contributed by atoms with van der Waals surface area (Å²) in [4.78, 5) is 41.4. The summed E-state index contributed by atoms with van der Waals surface area (Å²) in [5.41, 5.74) is 7.50. The molecular formula is C28H39F3N4O6. The summed E-state index contributed by atoms with van der Waals surface area (Å²) in [7, 11) is 1.64. The molecule has 0 aromatic heterocycles. The number of ether oxygens (including phenoxy) is 2. The van der Waals surface area contributed by atoms with Crippen molar-refractivity contribution in [2.75, 3.05) is 13.7 Å². The minimum atomic E-state index is -5.08. The number of carboxylic acids is 1. The standard InChI is InChI=1S/C26H38N4O4.C2HF3O2/c1-15-7-8-16-19(13-26(4,5)34-21(16)11-15)28-23(32)18-12-17(18)20(9-10-33-6)30-22(31)14-25(2,3)29-24(30)27;3-2(4,5)1(6)7/h7-8,11,17-20H,9-10,12-14H2,1-6H3,(H2,27,29)(H,28,32);(H,6,7)/t17-,18-,19?,20-;/m1./s1. The normalized spacial score (nSPS) is 25.0. The second-order valence-corrected chi connectivity index (χ2v) is 12.0. The van der Waals surface area contributed by atoms with Crippen LogP contribution in [0.5, 0.6) is 5.75 Å². The van der Waals surface area contributed by atoms with E-state index in [-0.39, 0.29) is 47.3 Å². The lowest BCUT2D eigenvalue weighted by molar-refractivity contribution is -0.192. The van der Waals surface area contributed by atoms with Crippen LogP contribution >= 0.6 is 0 Å². The van der Waals surface area contributed by atoms with Gasteiger partial charge in [0.1, 0.15) is 11.4 Å². The maximum absolute atomic E-state index is 13.4. The summed E-state index contributed by atoms with van der Waals surface area (Å²) < 4.78 is 43.2. The molecule has 228 valence electrons. The molecule has 2 heterocycles. The van der Waals surface area contributed by atoms with Gasteiger partial charge in [0, 0.05) is 37.7 Å². The van der Waals surface area contributed by atoms with Crippen LogP contribution in [0.15, 0.2) is 23.2 Å². The molecule has 1 fully saturated rings. The second kappa shape index (κ2) is 11.9. The van der Waals surface area contributed by atoms with Gasteiger partial charge in [0.05, 0.1) is 18.0 Å². The largest absolute Gasteiger partial charge is 0.490 e. The van der Waals surface area contributed by atoms with Gasteiger partial charge in [-0.15, -0.1) is 0 Å². The zero-order chi connectivity index (χ0) is 30.9. The van der Waals surface area contributed by atoms with E-state index in [1.807, 2.05) is 52.8 Å². The van der Waals surface area contributed by atoms with Gasteiger partial charge < -0.3 is 25.6 Å². The highest BCUT2D eigenvalue weighted by atomic mass is 19.4. The number of aliphatic imine (C=N–C) groups is 1. The summed E-state index contributed by atoms with van der Waals surface area (Å²) >= 11 is 0. The molecule has 4 N–H and O–H groups in total. The SMILES string of the molecule is COCC[C@H]([C@@H]1C[C@H]1C(=O)NC1CC(C)(C)Oc2cc(C)ccc21)N1C(=O)CC(C)(C)N=C1N.O=C(O)C(F)(F)F. The van der Waals surface area contributed by atoms with Crippen molar-refractivity contribution in [3.63, 3.8) is 0 Å². The van der Waals surface area contributed by atoms with Gasteiger partial charge in [-0.25, -0.2) is 9.79 Å². The fourth-order valence-electron chi connectivity index (χ4n) is 5.42. The van der Waals surface area contributed by atoms with Crippen molar-refractivity contribution in [2.24, 2.45) is 22.6 Å². The first-order valence-corrected chi connectivity index (χ1v) is 13.4. The lowest BCUT2D eigenvalue weighted by Gasteiger charge is -2.39. The molecule has 1 aliphatic carbocycles. The number of carbonyl (C=O) groups excluding carboxylic acids is 2. The molecule has 0 radical (unpaired) electrons. The van der Waals surface area contributed by atoms with Crippen LogP contribution < -0.4 is 15.8 Å². The fourth-order valence-corrected chi connectivity index (χ4v) is 5.42. The highest BCUT2D eigenvalue weighted by Gasteiger charge is 2.52. The Morgan fingerprint density at radius 2 is 1.93 bits per heavy atom. The quantitative estimate of drug-likeness (QED) is 0.443. The van der Waals surface area contributed by atoms with Crippen molar-refractivity contribution in [3.05, 3.63) is 29.3 Å². The lowest BCUT2D eigenvalue weighted by Crippen LogP contribution is -2.55. The Balaban J connectivity index is 0.000000587. The molecule has 10 nitrogen and oxygen atoms in total. The molecule has 4 atom stereocenters. The number of carboxylic acid groups (broad SMARTS) is 1. The topological polar surface area (TPSA) is 144 Å². The number of fused-ring (bicyclic) bond motifs is 1. The Hall–Kier alpha value is -3.35. The first kappa shape index (κ1) is 32.2. The smallest absolute Gasteiger partial charge is 0.487 e. The summed E-state index contributed by atoms with van der Waals surface area (Å²) in [6, 6.07) is 5.80. The maximum atomic E-state index is 13.4. The van der Waals surface area contributed by atoms with Crippen molar-refractivity contribution < 1.29 is 42.1 Å². The predicted molar refractivity (Wildman–Crippen MR) is 144 cm³/mol. The number of rotatable bonds is 7. The van der Waals surface area contributed by atoms with Crippen LogP contribution in [0.4, 0.5) is 13.2 Å². The number of nitrogens with one attached hydrogen (secondary N) is 1. The van der Waals surface area contributed by atoms with E-state index in [9.17, 15) is 22.8 Å². The highest BCUT2D eigenvalue weighted by Crippen LogP contribution is 2.47. The van der Waals surface area contributed by atoms with E-state index < -0.39 is 17.7 Å². The van der Waals surface area contributed by atoms with E-state index in [1.165, 1.54) is 0 Å². The van der Waals surface area contributed by atoms with Gasteiger partial charge in [-0.3, -0.25) is 14.5 Å². The Kier molecular flexibility index (Phi) is 9.31. The molecule has 41 heavy (non-hydrogen) atoms. The summed E-state index contributed by atoms with van der Waals surface area (Å²) in [6.45, 7) is 10.4. The monoisotopic (exact) mass is 584 g/mol. The van der Waals surface area contributed by atoms with Gasteiger partial charge in [-0.2, -0.15) is 13.2 Å². The minimum Gasteiger partial charge on any atom is -0.487 e. The molecule has 0 saturated heterocycles. The number of hydrogen-bond acceptors (Lipinski definition) is 7. The predicted octanol–water partition coefficient (Wildman–Crippen LogP) is 3.71. The number of hydrogen-bond donors (Lipinski definition) is 3. The van der Waals surface area contributed by atoms with Gasteiger partial charge in [-0.1, -0.05) is 12.1 Å². The average Bonchev–Trinajstić information content (AvgIpc) is 3.59. The number of nitrogens with zero attached hydrogens (tertiary/aromatic N) is 2. The van der Waals surface area contributed by atoms with E-state index in [2.05, 4.69) is 10.3 Å². The number of amides is 2. The molecule has 2 aliphatic heterocycles. The number of benzene rings is 1. The van der Waals surface area contributed by atoms with E-state index in [0.717, 1.165) is 16.9 Å². The number of methoxy groups -OCH3 is 1. The van der Waals surface area contributed by atoms with Crippen LogP contribution in [-0.4, -0.2) is 70.8 Å². The maximum Gasteiger partial charge on any atom is 0.490 e. The molecule has 1 unspecified atom stereocenters. The lowest BCUT2D eigenvalue weighted by atomic mass is 9.89. The molecule has 13 heteroatoms. The Morgan fingerprint density at radius 3 is 2.49 bits per heavy atom. The fraction of sp³-hybridized carbons (Fsp3) is 0.643. The van der Waals surface area contributed by atoms with Crippen LogP contribution in [0.2, 0.25) is 0 Å². The zero-order valence-corrected chi connectivity index (χ0v) is 24.2. The van der Waals surface area contributed by atoms with Crippen molar-refractivity contribution in [3.8, 4) is 5.75 Å². The van der Waals surface area contributed by atoms with Gasteiger partial charge in [-0.05, 0) is 65.0 Å². The molecule has 4 rings (SSSR count). The Bertz CT molecular complexity index is 1200. The van der Waals surface area contributed by atoms with Crippen LogP contribution in [-0.2, 0) is 19.1 Å². The number of aryl methyl sites for hydroxylation is 1. The number of halogens is 3. The number of aliphatic carboxylic acids is 1. The second-order valence-electron chi connectivity index (χ2n) is 12.0. The summed E-state index contributed by atoms with van der Waals surface area (Å²) in [5.74, 6) is -1.85. The third kappa shape index (κ3) is 8.11. The third-order valence-corrected chi connectivity index (χ3v) is 7.32. The van der Waals surface area contributed by atoms with Gasteiger partial charge in [0.2, 0.25) is 11.8 Å². The van der Waals surface area contributed by atoms with Crippen molar-refractivity contribution in [1.29, 1.82) is 0 Å². The van der Waals surface area contributed by atoms with Crippen molar-refractivity contribution in [2.45, 2.75) is 89.7 Å². The van der Waals surface area contributed by atoms with E-state index in [0.29, 0.717) is 32.3 Å². The molecule has 2 amide bonds. The van der Waals surface area contributed by atoms with Crippen LogP contribution in [0, 0.1) is 18.8 Å². The van der Waals surface area contributed by atoms with E-state index >= 15 is 0 Å². The van der Waals surface area contributed by atoms with Crippen LogP contribution in [0.25, 0.3) is 0 Å². The number of guanidine groups is 1. The van der Waals surface area contributed by atoms with Crippen LogP contribution in [0.3, 0.4) is 0 Å². The van der Waals surface area contributed by atoms with Gasteiger partial charge in [0.25, 0.3) is 0 Å². The molecule has 1 aromatic rings. The minimum absolute atomic E-state index is 0.0157. The number of alkyl halides is 3. The third-order valence-electron chi connectivity index (χ3n) is 7.32.